The van der Waals surface area contributed by atoms with Crippen molar-refractivity contribution in [3.05, 3.63) is 116 Å². The fourth-order valence-corrected chi connectivity index (χ4v) is 9.02. The van der Waals surface area contributed by atoms with E-state index in [2.05, 4.69) is 130 Å². The molecule has 3 heterocycles. The molecule has 2 aliphatic carbocycles. The highest BCUT2D eigenvalue weighted by Gasteiger charge is 2.40. The number of nitrogens with zero attached hydrogens (tertiary/aromatic N) is 5. The summed E-state index contributed by atoms with van der Waals surface area (Å²) in [7, 11) is 3.67. The van der Waals surface area contributed by atoms with E-state index in [1.54, 1.807) is 0 Å². The lowest BCUT2D eigenvalue weighted by Crippen LogP contribution is -2.43. The molecule has 0 radical (unpaired) electrons. The topological polar surface area (TPSA) is 66.7 Å². The van der Waals surface area contributed by atoms with Crippen LogP contribution in [-0.4, -0.2) is 83.1 Å². The van der Waals surface area contributed by atoms with Crippen LogP contribution in [0.3, 0.4) is 0 Å². The zero-order valence-corrected chi connectivity index (χ0v) is 28.0. The number of hydrogen-bond donors (Lipinski definition) is 2. The quantitative estimate of drug-likeness (QED) is 0.405. The summed E-state index contributed by atoms with van der Waals surface area (Å²) in [6, 6.07) is 33.7. The van der Waals surface area contributed by atoms with E-state index in [-0.39, 0.29) is 12.1 Å². The third-order valence-electron chi connectivity index (χ3n) is 9.15. The highest BCUT2D eigenvalue weighted by Crippen LogP contribution is 2.34. The standard InChI is InChI=1S/C18H15P.C10H17N3O.C10H15N3/c1-4-10-16(11-5-1)19(17-12-6-2-7-13-17)18-14-8-3-9-15-18;1-13-7-3-6-11-10(13)12-8-4-2-5-9(8)14;1-12-6-3-7-13-9-5-2-4-8(9)11-10(12)13/h1-15H;3,6,8-9,14H,2,4-5,7H2,1H3,(H,11,12);3,7-9H,2,4-6H2,1H3/t;8-,9-;8-,9+/m.11/s1. The van der Waals surface area contributed by atoms with Gasteiger partial charge in [0.1, 0.15) is 0 Å². The van der Waals surface area contributed by atoms with Crippen molar-refractivity contribution in [3.8, 4) is 0 Å². The molecule has 0 unspecified atom stereocenters. The van der Waals surface area contributed by atoms with Crippen molar-refractivity contribution >= 4 is 35.8 Å². The molecule has 7 nitrogen and oxygen atoms in total. The number of hydrogen-bond acceptors (Lipinski definition) is 5. The number of nitrogens with one attached hydrogen (secondary N) is 1. The lowest BCUT2D eigenvalue weighted by atomic mass is 10.2. The Morgan fingerprint density at radius 2 is 1.33 bits per heavy atom. The molecule has 3 aromatic rings. The molecular weight excluding hydrogens is 587 g/mol. The first-order valence-corrected chi connectivity index (χ1v) is 18.0. The highest BCUT2D eigenvalue weighted by molar-refractivity contribution is 7.79. The molecule has 240 valence electrons. The van der Waals surface area contributed by atoms with Crippen molar-refractivity contribution < 1.29 is 5.11 Å². The Morgan fingerprint density at radius 1 is 0.739 bits per heavy atom. The smallest absolute Gasteiger partial charge is 0.201 e. The molecule has 3 aromatic carbocycles. The molecule has 0 amide bonds. The third-order valence-corrected chi connectivity index (χ3v) is 11.6. The predicted octanol–water partition coefficient (Wildman–Crippen LogP) is 4.79. The third kappa shape index (κ3) is 7.71. The van der Waals surface area contributed by atoms with Gasteiger partial charge < -0.3 is 25.1 Å². The van der Waals surface area contributed by atoms with E-state index in [0.717, 1.165) is 38.3 Å². The summed E-state index contributed by atoms with van der Waals surface area (Å²) in [5.41, 5.74) is 0. The van der Waals surface area contributed by atoms with Crippen molar-refractivity contribution in [2.45, 2.75) is 62.8 Å². The average Bonchev–Trinajstić information content (AvgIpc) is 3.82. The van der Waals surface area contributed by atoms with Gasteiger partial charge in [-0.2, -0.15) is 0 Å². The van der Waals surface area contributed by atoms with Gasteiger partial charge in [0.2, 0.25) is 5.96 Å². The molecule has 0 saturated heterocycles. The van der Waals surface area contributed by atoms with E-state index in [1.807, 2.05) is 24.2 Å². The van der Waals surface area contributed by atoms with Crippen LogP contribution in [0.5, 0.6) is 0 Å². The molecule has 3 aliphatic heterocycles. The van der Waals surface area contributed by atoms with Gasteiger partial charge in [-0.25, -0.2) is 9.98 Å². The van der Waals surface area contributed by atoms with Crippen LogP contribution in [0.4, 0.5) is 0 Å². The second kappa shape index (κ2) is 15.6. The number of guanidine groups is 2. The molecule has 2 saturated carbocycles. The van der Waals surface area contributed by atoms with Crippen LogP contribution >= 0.6 is 7.92 Å². The van der Waals surface area contributed by atoms with E-state index in [0.29, 0.717) is 12.1 Å². The normalized spacial score (nSPS) is 25.3. The van der Waals surface area contributed by atoms with Crippen LogP contribution in [-0.2, 0) is 0 Å². The molecule has 5 aliphatic rings. The van der Waals surface area contributed by atoms with Crippen LogP contribution in [0.1, 0.15) is 38.5 Å². The summed E-state index contributed by atoms with van der Waals surface area (Å²) in [6.45, 7) is 1.89. The van der Waals surface area contributed by atoms with Crippen LogP contribution in [0.2, 0.25) is 0 Å². The van der Waals surface area contributed by atoms with Crippen molar-refractivity contribution in [1.29, 1.82) is 0 Å². The van der Waals surface area contributed by atoms with E-state index in [1.165, 1.54) is 41.1 Å². The first kappa shape index (κ1) is 32.0. The second-order valence-electron chi connectivity index (χ2n) is 12.5. The maximum Gasteiger partial charge on any atom is 0.201 e. The fourth-order valence-electron chi connectivity index (χ4n) is 6.72. The Kier molecular flexibility index (Phi) is 10.8. The molecule has 4 atom stereocenters. The van der Waals surface area contributed by atoms with E-state index in [4.69, 9.17) is 4.99 Å². The Labute approximate surface area is 275 Å². The molecule has 0 bridgehead atoms. The lowest BCUT2D eigenvalue weighted by Gasteiger charge is -2.31. The Morgan fingerprint density at radius 3 is 1.89 bits per heavy atom. The van der Waals surface area contributed by atoms with Gasteiger partial charge in [-0.1, -0.05) is 91.0 Å². The Bertz CT molecular complexity index is 1420. The summed E-state index contributed by atoms with van der Waals surface area (Å²) >= 11 is 0. The van der Waals surface area contributed by atoms with Crippen molar-refractivity contribution in [2.24, 2.45) is 9.98 Å². The molecule has 2 fully saturated rings. The molecule has 0 aromatic heterocycles. The monoisotopic (exact) mass is 634 g/mol. The number of likely N-dealkylation sites (N-methyl/N-ethyl adjacent to an activating group) is 2. The summed E-state index contributed by atoms with van der Waals surface area (Å²) < 4.78 is 0. The molecule has 2 N–H and O–H groups in total. The summed E-state index contributed by atoms with van der Waals surface area (Å²) in [4.78, 5) is 15.9. The Balaban J connectivity index is 0.000000124. The Hall–Kier alpha value is -3.93. The van der Waals surface area contributed by atoms with Gasteiger partial charge in [0.05, 0.1) is 24.2 Å². The van der Waals surface area contributed by atoms with Crippen molar-refractivity contribution in [3.63, 3.8) is 0 Å². The number of benzene rings is 3. The second-order valence-corrected chi connectivity index (χ2v) is 14.7. The number of aliphatic hydroxyl groups excluding tert-OH is 1. The van der Waals surface area contributed by atoms with Crippen LogP contribution in [0.15, 0.2) is 126 Å². The van der Waals surface area contributed by atoms with Crippen molar-refractivity contribution in [2.75, 3.05) is 27.2 Å². The van der Waals surface area contributed by atoms with Crippen LogP contribution < -0.4 is 21.2 Å². The lowest BCUT2D eigenvalue weighted by molar-refractivity contribution is 0.165. The zero-order valence-electron chi connectivity index (χ0n) is 27.1. The molecule has 46 heavy (non-hydrogen) atoms. The summed E-state index contributed by atoms with van der Waals surface area (Å²) in [6.07, 6.45) is 15.1. The van der Waals surface area contributed by atoms with Gasteiger partial charge in [-0.05, 0) is 74.5 Å². The molecule has 8 rings (SSSR count). The van der Waals surface area contributed by atoms with Gasteiger partial charge in [0.25, 0.3) is 0 Å². The minimum atomic E-state index is -0.446. The van der Waals surface area contributed by atoms with E-state index < -0.39 is 7.92 Å². The molecule has 8 heteroatoms. The summed E-state index contributed by atoms with van der Waals surface area (Å²) in [5, 5.41) is 16.9. The zero-order chi connectivity index (χ0) is 31.7. The first-order chi connectivity index (χ1) is 22.6. The van der Waals surface area contributed by atoms with Gasteiger partial charge in [0.15, 0.2) is 5.96 Å². The highest BCUT2D eigenvalue weighted by atomic mass is 31.1. The number of aliphatic hydroxyl groups is 1. The number of fused-ring (bicyclic) bond motifs is 3. The summed E-state index contributed by atoms with van der Waals surface area (Å²) in [5.74, 6) is 2.07. The predicted molar refractivity (Wildman–Crippen MR) is 194 cm³/mol. The maximum absolute atomic E-state index is 9.63. The van der Waals surface area contributed by atoms with Crippen molar-refractivity contribution in [1.82, 2.24) is 20.0 Å². The number of rotatable bonds is 4. The van der Waals surface area contributed by atoms with Gasteiger partial charge in [0, 0.05) is 39.6 Å². The van der Waals surface area contributed by atoms with Crippen LogP contribution in [0, 0.1) is 0 Å². The first-order valence-electron chi connectivity index (χ1n) is 16.7. The van der Waals surface area contributed by atoms with E-state index >= 15 is 0 Å². The van der Waals surface area contributed by atoms with Gasteiger partial charge >= 0.3 is 0 Å². The van der Waals surface area contributed by atoms with E-state index in [9.17, 15) is 5.11 Å². The maximum atomic E-state index is 9.63. The van der Waals surface area contributed by atoms with Gasteiger partial charge in [-0.3, -0.25) is 0 Å². The average molecular weight is 635 g/mol. The fraction of sp³-hybridized carbons (Fsp3) is 0.368. The minimum absolute atomic E-state index is 0.0893. The largest absolute Gasteiger partial charge is 0.391 e. The number of aliphatic imine (C=N–C) groups is 2. The van der Waals surface area contributed by atoms with Crippen LogP contribution in [0.25, 0.3) is 0 Å². The molecular formula is C38H47N6OP. The molecule has 0 spiro atoms. The SMILES string of the molecule is CN1CC=CN2C1=N[C@@H]1CCC[C@@H]12.CN1CC=CNC1=N[C@@H]1CCC[C@H]1O.c1ccc(P(c2ccccc2)c2ccccc2)cc1. The minimum Gasteiger partial charge on any atom is -0.391 e. The van der Waals surface area contributed by atoms with Gasteiger partial charge in [-0.15, -0.1) is 0 Å².